The number of aromatic nitrogens is 2. The molecule has 0 fully saturated rings. The van der Waals surface area contributed by atoms with Crippen molar-refractivity contribution in [2.24, 2.45) is 0 Å². The van der Waals surface area contributed by atoms with Crippen LogP contribution >= 0.6 is 0 Å². The zero-order valence-electron chi connectivity index (χ0n) is 8.53. The van der Waals surface area contributed by atoms with Gasteiger partial charge in [-0.25, -0.2) is 9.59 Å². The quantitative estimate of drug-likeness (QED) is 0.627. The summed E-state index contributed by atoms with van der Waals surface area (Å²) < 4.78 is 0. The van der Waals surface area contributed by atoms with Gasteiger partial charge in [-0.05, 0) is 24.3 Å². The molecule has 17 heavy (non-hydrogen) atoms. The maximum Gasteiger partial charge on any atom is 0.352 e. The summed E-state index contributed by atoms with van der Waals surface area (Å²) in [6, 6.07) is 6.29. The number of H-pyrrole nitrogens is 2. The maximum atomic E-state index is 10.0. The normalized spacial score (nSPS) is 8.47. The molecule has 2 aromatic rings. The monoisotopic (exact) mass is 324 g/mol. The Morgan fingerprint density at radius 1 is 0.882 bits per heavy atom. The molecule has 0 bridgehead atoms. The van der Waals surface area contributed by atoms with Gasteiger partial charge in [-0.2, -0.15) is 0 Å². The Kier molecular flexibility index (Phi) is 6.59. The van der Waals surface area contributed by atoms with E-state index < -0.39 is 11.9 Å². The molecule has 0 aliphatic heterocycles. The van der Waals surface area contributed by atoms with Crippen LogP contribution in [0.25, 0.3) is 0 Å². The Balaban J connectivity index is 0.000000284. The number of rotatable bonds is 2. The van der Waals surface area contributed by atoms with Crippen LogP contribution in [0.4, 0.5) is 0 Å². The summed E-state index contributed by atoms with van der Waals surface area (Å²) in [4.78, 5) is 25.1. The van der Waals surface area contributed by atoms with Crippen LogP contribution in [0.15, 0.2) is 36.7 Å². The molecule has 2 heterocycles. The number of carboxylic acid groups (broad SMARTS) is 2. The van der Waals surface area contributed by atoms with Gasteiger partial charge in [0.1, 0.15) is 11.4 Å². The van der Waals surface area contributed by atoms with E-state index in [1.807, 2.05) is 0 Å². The van der Waals surface area contributed by atoms with Crippen LogP contribution in [-0.2, 0) is 19.5 Å². The fourth-order valence-electron chi connectivity index (χ4n) is 0.927. The number of carboxylic acids is 2. The second-order valence-electron chi connectivity index (χ2n) is 2.78. The average molecular weight is 323 g/mol. The number of aromatic amines is 2. The van der Waals surface area contributed by atoms with Crippen molar-refractivity contribution in [2.45, 2.75) is 0 Å². The molecule has 0 aromatic carbocycles. The molecule has 0 atom stereocenters. The average Bonchev–Trinajstić information content (AvgIpc) is 2.93. The van der Waals surface area contributed by atoms with Crippen molar-refractivity contribution in [1.82, 2.24) is 9.97 Å². The van der Waals surface area contributed by atoms with Gasteiger partial charge in [0, 0.05) is 31.9 Å². The Hall–Kier alpha value is -1.88. The number of nitrogens with one attached hydrogen (secondary N) is 2. The van der Waals surface area contributed by atoms with Gasteiger partial charge in [0.2, 0.25) is 0 Å². The van der Waals surface area contributed by atoms with Crippen molar-refractivity contribution in [1.29, 1.82) is 0 Å². The first-order valence-corrected chi connectivity index (χ1v) is 4.34. The third kappa shape index (κ3) is 5.13. The topological polar surface area (TPSA) is 106 Å². The Morgan fingerprint density at radius 2 is 1.24 bits per heavy atom. The van der Waals surface area contributed by atoms with Gasteiger partial charge in [0.15, 0.2) is 0 Å². The summed E-state index contributed by atoms with van der Waals surface area (Å²) in [5.41, 5.74) is 0.454. The summed E-state index contributed by atoms with van der Waals surface area (Å²) >= 11 is 0. The molecular formula is C10H10N2O4Ru. The third-order valence-electron chi connectivity index (χ3n) is 1.66. The van der Waals surface area contributed by atoms with E-state index in [4.69, 9.17) is 10.2 Å². The van der Waals surface area contributed by atoms with Gasteiger partial charge >= 0.3 is 11.9 Å². The van der Waals surface area contributed by atoms with E-state index in [0.29, 0.717) is 0 Å². The minimum Gasteiger partial charge on any atom is -0.477 e. The number of aromatic carboxylic acids is 2. The smallest absolute Gasteiger partial charge is 0.352 e. The zero-order valence-corrected chi connectivity index (χ0v) is 10.3. The van der Waals surface area contributed by atoms with Gasteiger partial charge in [-0.15, -0.1) is 0 Å². The van der Waals surface area contributed by atoms with Crippen molar-refractivity contribution in [3.05, 3.63) is 48.0 Å². The molecule has 0 unspecified atom stereocenters. The molecule has 0 aliphatic rings. The van der Waals surface area contributed by atoms with Crippen molar-refractivity contribution in [3.8, 4) is 0 Å². The molecule has 0 saturated carbocycles. The minimum absolute atomic E-state index is 0. The first kappa shape index (κ1) is 15.1. The van der Waals surface area contributed by atoms with Crippen molar-refractivity contribution in [3.63, 3.8) is 0 Å². The van der Waals surface area contributed by atoms with E-state index in [0.717, 1.165) is 0 Å². The second-order valence-corrected chi connectivity index (χ2v) is 2.78. The zero-order chi connectivity index (χ0) is 12.0. The van der Waals surface area contributed by atoms with Crippen molar-refractivity contribution >= 4 is 11.9 Å². The van der Waals surface area contributed by atoms with E-state index >= 15 is 0 Å². The van der Waals surface area contributed by atoms with E-state index in [-0.39, 0.29) is 30.9 Å². The van der Waals surface area contributed by atoms with E-state index in [2.05, 4.69) is 9.97 Å². The number of hydrogen-bond donors (Lipinski definition) is 4. The molecule has 7 heteroatoms. The number of hydrogen-bond acceptors (Lipinski definition) is 2. The first-order valence-electron chi connectivity index (χ1n) is 4.34. The summed E-state index contributed by atoms with van der Waals surface area (Å²) in [6.45, 7) is 0. The van der Waals surface area contributed by atoms with Gasteiger partial charge in [-0.3, -0.25) is 0 Å². The predicted octanol–water partition coefficient (Wildman–Crippen LogP) is 1.42. The summed E-state index contributed by atoms with van der Waals surface area (Å²) in [5, 5.41) is 16.5. The van der Waals surface area contributed by atoms with Crippen LogP contribution in [0.5, 0.6) is 0 Å². The fraction of sp³-hybridized carbons (Fsp3) is 0. The third-order valence-corrected chi connectivity index (χ3v) is 1.66. The van der Waals surface area contributed by atoms with Crippen molar-refractivity contribution < 1.29 is 39.3 Å². The summed E-state index contributed by atoms with van der Waals surface area (Å²) in [7, 11) is 0. The molecule has 92 valence electrons. The van der Waals surface area contributed by atoms with Crippen LogP contribution in [0, 0.1) is 0 Å². The van der Waals surface area contributed by atoms with Gasteiger partial charge in [-0.1, -0.05) is 0 Å². The van der Waals surface area contributed by atoms with Crippen LogP contribution in [-0.4, -0.2) is 32.1 Å². The fourth-order valence-corrected chi connectivity index (χ4v) is 0.927. The summed E-state index contributed by atoms with van der Waals surface area (Å²) in [6.07, 6.45) is 3.15. The largest absolute Gasteiger partial charge is 0.477 e. The first-order chi connectivity index (χ1) is 7.61. The van der Waals surface area contributed by atoms with Crippen LogP contribution in [0.1, 0.15) is 21.0 Å². The Labute approximate surface area is 109 Å². The van der Waals surface area contributed by atoms with Crippen LogP contribution < -0.4 is 0 Å². The van der Waals surface area contributed by atoms with Gasteiger partial charge in [0.25, 0.3) is 0 Å². The second kappa shape index (κ2) is 7.41. The van der Waals surface area contributed by atoms with Gasteiger partial charge < -0.3 is 20.2 Å². The molecular weight excluding hydrogens is 313 g/mol. The van der Waals surface area contributed by atoms with Gasteiger partial charge in [0.05, 0.1) is 0 Å². The van der Waals surface area contributed by atoms with E-state index in [1.165, 1.54) is 12.1 Å². The molecule has 2 rings (SSSR count). The summed E-state index contributed by atoms with van der Waals surface area (Å²) in [5.74, 6) is -1.84. The molecule has 0 radical (unpaired) electrons. The molecule has 4 N–H and O–H groups in total. The van der Waals surface area contributed by atoms with E-state index in [9.17, 15) is 9.59 Å². The minimum atomic E-state index is -0.921. The number of carbonyl (C=O) groups is 2. The molecule has 0 aliphatic carbocycles. The maximum absolute atomic E-state index is 10.0. The molecule has 0 amide bonds. The Morgan fingerprint density at radius 3 is 1.35 bits per heavy atom. The van der Waals surface area contributed by atoms with Crippen LogP contribution in [0.2, 0.25) is 0 Å². The van der Waals surface area contributed by atoms with Crippen molar-refractivity contribution in [2.75, 3.05) is 0 Å². The molecule has 0 spiro atoms. The SMILES string of the molecule is O=C(O)c1ccc[nH]1.O=C(O)c1ccc[nH]1.[Ru]. The predicted molar refractivity (Wildman–Crippen MR) is 55.5 cm³/mol. The molecule has 0 saturated heterocycles. The Bertz CT molecular complexity index is 406. The molecule has 2 aromatic heterocycles. The van der Waals surface area contributed by atoms with Crippen LogP contribution in [0.3, 0.4) is 0 Å². The molecule has 6 nitrogen and oxygen atoms in total. The van der Waals surface area contributed by atoms with E-state index in [1.54, 1.807) is 24.5 Å². The standard InChI is InChI=1S/2C5H5NO2.Ru/c2*7-5(8)4-2-1-3-6-4;/h2*1-3,6H,(H,7,8);.